The summed E-state index contributed by atoms with van der Waals surface area (Å²) in [5.74, 6) is 1.70. The van der Waals surface area contributed by atoms with Gasteiger partial charge in [0.15, 0.2) is 11.5 Å². The zero-order chi connectivity index (χ0) is 26.2. The van der Waals surface area contributed by atoms with Gasteiger partial charge in [-0.2, -0.15) is 0 Å². The maximum Gasteiger partial charge on any atom is 0.165 e. The Balaban J connectivity index is 1.54. The van der Waals surface area contributed by atoms with Gasteiger partial charge in [-0.1, -0.05) is 45.4 Å². The first-order chi connectivity index (χ1) is 17.7. The Hall–Kier alpha value is -3.13. The molecule has 1 aromatic carbocycles. The van der Waals surface area contributed by atoms with Crippen molar-refractivity contribution in [1.82, 2.24) is 24.8 Å². The fraction of sp³-hybridized carbons (Fsp3) is 0.379. The molecule has 1 aliphatic heterocycles. The van der Waals surface area contributed by atoms with Crippen LogP contribution in [0.5, 0.6) is 0 Å². The Morgan fingerprint density at radius 2 is 1.95 bits per heavy atom. The van der Waals surface area contributed by atoms with E-state index in [-0.39, 0.29) is 5.41 Å². The molecular weight excluding hydrogens is 484 g/mol. The number of nitrogens with zero attached hydrogens (tertiary/aromatic N) is 5. The lowest BCUT2D eigenvalue weighted by atomic mass is 9.78. The zero-order valence-corrected chi connectivity index (χ0v) is 22.8. The molecule has 37 heavy (non-hydrogen) atoms. The summed E-state index contributed by atoms with van der Waals surface area (Å²) in [4.78, 5) is 21.1. The number of aromatic nitrogens is 4. The summed E-state index contributed by atoms with van der Waals surface area (Å²) in [6.45, 7) is 11.7. The highest BCUT2D eigenvalue weighted by molar-refractivity contribution is 6.32. The molecule has 3 aromatic heterocycles. The SMILES string of the molecule is CC(C)COCc1nc(Nc2ccc3c(c2)CN(C)CC3(C)C)c2ccc(-c3ncccc3Cl)nc2n1. The van der Waals surface area contributed by atoms with E-state index in [2.05, 4.69) is 68.1 Å². The summed E-state index contributed by atoms with van der Waals surface area (Å²) in [6, 6.07) is 14.1. The lowest BCUT2D eigenvalue weighted by molar-refractivity contribution is 0.0925. The number of fused-ring (bicyclic) bond motifs is 2. The summed E-state index contributed by atoms with van der Waals surface area (Å²) in [6.07, 6.45) is 1.71. The Kier molecular flexibility index (Phi) is 7.12. The summed E-state index contributed by atoms with van der Waals surface area (Å²) in [7, 11) is 2.17. The lowest BCUT2D eigenvalue weighted by Crippen LogP contribution is -2.39. The molecule has 0 saturated carbocycles. The highest BCUT2D eigenvalue weighted by Gasteiger charge is 2.30. The Morgan fingerprint density at radius 3 is 2.73 bits per heavy atom. The molecule has 0 radical (unpaired) electrons. The monoisotopic (exact) mass is 516 g/mol. The molecule has 0 bridgehead atoms. The van der Waals surface area contributed by atoms with Crippen molar-refractivity contribution in [1.29, 1.82) is 0 Å². The number of halogens is 1. The first-order valence-corrected chi connectivity index (χ1v) is 13.0. The van der Waals surface area contributed by atoms with E-state index < -0.39 is 0 Å². The van der Waals surface area contributed by atoms with Gasteiger partial charge in [0.2, 0.25) is 0 Å². The topological polar surface area (TPSA) is 76.1 Å². The highest BCUT2D eigenvalue weighted by atomic mass is 35.5. The second-order valence-corrected chi connectivity index (χ2v) is 11.3. The third-order valence-electron chi connectivity index (χ3n) is 6.49. The number of hydrogen-bond donors (Lipinski definition) is 1. The van der Waals surface area contributed by atoms with E-state index >= 15 is 0 Å². The van der Waals surface area contributed by atoms with Crippen molar-refractivity contribution in [2.45, 2.75) is 46.3 Å². The van der Waals surface area contributed by atoms with E-state index in [9.17, 15) is 0 Å². The second kappa shape index (κ2) is 10.3. The summed E-state index contributed by atoms with van der Waals surface area (Å²) < 4.78 is 5.86. The van der Waals surface area contributed by atoms with E-state index in [1.54, 1.807) is 12.3 Å². The van der Waals surface area contributed by atoms with E-state index in [4.69, 9.17) is 31.3 Å². The molecule has 7 nitrogen and oxygen atoms in total. The smallest absolute Gasteiger partial charge is 0.165 e. The molecule has 4 heterocycles. The summed E-state index contributed by atoms with van der Waals surface area (Å²) in [5, 5.41) is 4.91. The van der Waals surface area contributed by atoms with Gasteiger partial charge in [0.05, 0.1) is 16.1 Å². The Bertz CT molecular complexity index is 1440. The number of rotatable bonds is 7. The quantitative estimate of drug-likeness (QED) is 0.305. The maximum absolute atomic E-state index is 6.40. The number of pyridine rings is 2. The number of likely N-dealkylation sites (N-methyl/N-ethyl adjacent to an activating group) is 1. The van der Waals surface area contributed by atoms with Gasteiger partial charge in [-0.05, 0) is 60.5 Å². The molecule has 1 N–H and O–H groups in total. The Morgan fingerprint density at radius 1 is 1.11 bits per heavy atom. The average molecular weight is 517 g/mol. The first kappa shape index (κ1) is 25.5. The van der Waals surface area contributed by atoms with Crippen LogP contribution in [0.1, 0.15) is 44.6 Å². The van der Waals surface area contributed by atoms with Gasteiger partial charge in [-0.3, -0.25) is 4.98 Å². The largest absolute Gasteiger partial charge is 0.373 e. The predicted molar refractivity (Wildman–Crippen MR) is 149 cm³/mol. The molecule has 4 aromatic rings. The van der Waals surface area contributed by atoms with Crippen LogP contribution in [0.15, 0.2) is 48.7 Å². The van der Waals surface area contributed by atoms with Crippen LogP contribution >= 0.6 is 11.6 Å². The van der Waals surface area contributed by atoms with Crippen LogP contribution in [0.4, 0.5) is 11.5 Å². The molecule has 192 valence electrons. The van der Waals surface area contributed by atoms with Crippen molar-refractivity contribution in [3.05, 3.63) is 70.6 Å². The van der Waals surface area contributed by atoms with E-state index in [0.29, 0.717) is 52.8 Å². The third-order valence-corrected chi connectivity index (χ3v) is 6.80. The first-order valence-electron chi connectivity index (χ1n) is 12.6. The van der Waals surface area contributed by atoms with Crippen LogP contribution in [0.25, 0.3) is 22.4 Å². The lowest BCUT2D eigenvalue weighted by Gasteiger charge is -2.38. The van der Waals surface area contributed by atoms with Crippen molar-refractivity contribution in [2.75, 3.05) is 25.5 Å². The minimum absolute atomic E-state index is 0.108. The van der Waals surface area contributed by atoms with Gasteiger partial charge in [0.25, 0.3) is 0 Å². The molecule has 0 atom stereocenters. The van der Waals surface area contributed by atoms with Gasteiger partial charge in [0, 0.05) is 37.0 Å². The van der Waals surface area contributed by atoms with E-state index in [1.165, 1.54) is 11.1 Å². The summed E-state index contributed by atoms with van der Waals surface area (Å²) in [5.41, 5.74) is 5.66. The molecule has 0 unspecified atom stereocenters. The van der Waals surface area contributed by atoms with Crippen molar-refractivity contribution in [2.24, 2.45) is 5.92 Å². The van der Waals surface area contributed by atoms with Crippen LogP contribution in [-0.4, -0.2) is 45.0 Å². The molecule has 0 amide bonds. The molecular formula is C29H33ClN6O. The van der Waals surface area contributed by atoms with Crippen LogP contribution in [0.2, 0.25) is 5.02 Å². The standard InChI is InChI=1S/C29H33ClN6O/c1-18(2)15-37-16-25-34-27(32-20-8-10-22-19(13-20)14-36(5)17-29(22,3)4)21-9-11-24(33-28(21)35-25)26-23(30)7-6-12-31-26/h6-13,18H,14-17H2,1-5H3,(H,32,33,34,35). The number of ether oxygens (including phenoxy) is 1. The molecule has 0 saturated heterocycles. The van der Waals surface area contributed by atoms with Crippen molar-refractivity contribution in [3.8, 4) is 11.4 Å². The van der Waals surface area contributed by atoms with Crippen LogP contribution in [-0.2, 0) is 23.3 Å². The fourth-order valence-corrected chi connectivity index (χ4v) is 5.23. The van der Waals surface area contributed by atoms with Gasteiger partial charge in [-0.15, -0.1) is 0 Å². The van der Waals surface area contributed by atoms with Gasteiger partial charge >= 0.3 is 0 Å². The summed E-state index contributed by atoms with van der Waals surface area (Å²) >= 11 is 6.40. The molecule has 0 spiro atoms. The van der Waals surface area contributed by atoms with Crippen molar-refractivity contribution >= 4 is 34.1 Å². The third kappa shape index (κ3) is 5.59. The predicted octanol–water partition coefficient (Wildman–Crippen LogP) is 6.38. The van der Waals surface area contributed by atoms with Gasteiger partial charge < -0.3 is 15.0 Å². The van der Waals surface area contributed by atoms with Gasteiger partial charge in [0.1, 0.15) is 18.1 Å². The van der Waals surface area contributed by atoms with E-state index in [0.717, 1.165) is 24.2 Å². The number of nitrogens with one attached hydrogen (secondary N) is 1. The number of hydrogen-bond acceptors (Lipinski definition) is 7. The van der Waals surface area contributed by atoms with Crippen molar-refractivity contribution < 1.29 is 4.74 Å². The maximum atomic E-state index is 6.40. The molecule has 0 fully saturated rings. The molecule has 0 aliphatic carbocycles. The highest BCUT2D eigenvalue weighted by Crippen LogP contribution is 2.35. The zero-order valence-electron chi connectivity index (χ0n) is 22.0. The number of anilines is 2. The number of benzene rings is 1. The van der Waals surface area contributed by atoms with Crippen molar-refractivity contribution in [3.63, 3.8) is 0 Å². The minimum atomic E-state index is 0.108. The normalized spacial score (nSPS) is 15.2. The van der Waals surface area contributed by atoms with Gasteiger partial charge in [-0.25, -0.2) is 15.0 Å². The van der Waals surface area contributed by atoms with E-state index in [1.807, 2.05) is 18.2 Å². The van der Waals surface area contributed by atoms with Crippen LogP contribution in [0.3, 0.4) is 0 Å². The molecule has 1 aliphatic rings. The average Bonchev–Trinajstić information content (AvgIpc) is 2.83. The molecule has 8 heteroatoms. The molecule has 5 rings (SSSR count). The fourth-order valence-electron chi connectivity index (χ4n) is 5.01. The minimum Gasteiger partial charge on any atom is -0.373 e. The van der Waals surface area contributed by atoms with Crippen LogP contribution in [0, 0.1) is 5.92 Å². The second-order valence-electron chi connectivity index (χ2n) is 10.9. The van der Waals surface area contributed by atoms with Crippen LogP contribution < -0.4 is 5.32 Å². The Labute approximate surface area is 223 Å².